The Morgan fingerprint density at radius 2 is 2.00 bits per heavy atom. The molecular weight excluding hydrogens is 426 g/mol. The van der Waals surface area contributed by atoms with E-state index in [4.69, 9.17) is 19.3 Å². The van der Waals surface area contributed by atoms with Gasteiger partial charge in [0, 0.05) is 18.0 Å². The lowest BCUT2D eigenvalue weighted by Gasteiger charge is -2.50. The molecule has 8 heteroatoms. The SMILES string of the molecule is CC1(C)Oc2ccc(O)cc2[C@@H]2O[C@@H]3CCN(C(=O)c4ccccc4OCC(=O)O)[C@H]3C[C@H]21. The van der Waals surface area contributed by atoms with E-state index >= 15 is 0 Å². The van der Waals surface area contributed by atoms with Gasteiger partial charge in [-0.25, -0.2) is 4.79 Å². The number of carboxylic acids is 1. The molecule has 0 unspecified atom stereocenters. The lowest BCUT2D eigenvalue weighted by Crippen LogP contribution is -2.54. The van der Waals surface area contributed by atoms with E-state index in [-0.39, 0.29) is 41.6 Å². The van der Waals surface area contributed by atoms with Crippen molar-refractivity contribution in [2.45, 2.75) is 50.5 Å². The van der Waals surface area contributed by atoms with E-state index in [2.05, 4.69) is 0 Å². The van der Waals surface area contributed by atoms with E-state index in [1.54, 1.807) is 42.5 Å². The predicted molar refractivity (Wildman–Crippen MR) is 118 cm³/mol. The van der Waals surface area contributed by atoms with Crippen molar-refractivity contribution >= 4 is 11.9 Å². The number of benzene rings is 2. The number of aliphatic carboxylic acids is 1. The fourth-order valence-corrected chi connectivity index (χ4v) is 5.39. The number of amides is 1. The average Bonchev–Trinajstić information content (AvgIpc) is 3.20. The number of para-hydroxylation sites is 1. The number of hydrogen-bond donors (Lipinski definition) is 2. The first-order valence-corrected chi connectivity index (χ1v) is 11.2. The van der Waals surface area contributed by atoms with Crippen LogP contribution < -0.4 is 9.47 Å². The molecule has 2 fully saturated rings. The molecule has 2 saturated heterocycles. The van der Waals surface area contributed by atoms with E-state index < -0.39 is 18.2 Å². The zero-order valence-corrected chi connectivity index (χ0v) is 18.6. The minimum atomic E-state index is -1.10. The Bertz CT molecular complexity index is 1100. The van der Waals surface area contributed by atoms with Gasteiger partial charge in [-0.15, -0.1) is 0 Å². The van der Waals surface area contributed by atoms with Crippen LogP contribution in [0.3, 0.4) is 0 Å². The number of phenolic OH excluding ortho intramolecular Hbond substituents is 1. The highest BCUT2D eigenvalue weighted by molar-refractivity contribution is 5.97. The molecule has 4 atom stereocenters. The van der Waals surface area contributed by atoms with Gasteiger partial charge in [0.2, 0.25) is 0 Å². The first-order valence-electron chi connectivity index (χ1n) is 11.2. The second-order valence-corrected chi connectivity index (χ2v) is 9.40. The first-order chi connectivity index (χ1) is 15.7. The van der Waals surface area contributed by atoms with Crippen molar-refractivity contribution in [1.82, 2.24) is 4.90 Å². The van der Waals surface area contributed by atoms with Gasteiger partial charge in [-0.05, 0) is 57.0 Å². The minimum Gasteiger partial charge on any atom is -0.508 e. The smallest absolute Gasteiger partial charge is 0.341 e. The number of carboxylic acid groups (broad SMARTS) is 1. The summed E-state index contributed by atoms with van der Waals surface area (Å²) >= 11 is 0. The molecular formula is C25H27NO7. The standard InChI is InChI=1S/C25H27NO7/c1-25(2)17-12-18-21(32-23(17)16-11-14(27)7-8-20(16)33-25)9-10-26(18)24(30)15-5-3-4-6-19(15)31-13-22(28)29/h3-8,11,17-18,21,23,27H,9-10,12-13H2,1-2H3,(H,28,29)/t17-,18+,21-,23+/m1/s1. The van der Waals surface area contributed by atoms with Crippen molar-refractivity contribution < 1.29 is 34.0 Å². The molecule has 0 radical (unpaired) electrons. The number of carbonyl (C=O) groups excluding carboxylic acids is 1. The van der Waals surface area contributed by atoms with E-state index in [1.165, 1.54) is 0 Å². The van der Waals surface area contributed by atoms with Crippen LogP contribution in [0.25, 0.3) is 0 Å². The normalized spacial score (nSPS) is 27.0. The number of hydrogen-bond acceptors (Lipinski definition) is 6. The molecule has 2 aromatic carbocycles. The zero-order chi connectivity index (χ0) is 23.3. The maximum atomic E-state index is 13.5. The molecule has 0 spiro atoms. The number of rotatable bonds is 4. The van der Waals surface area contributed by atoms with Gasteiger partial charge in [-0.1, -0.05) is 12.1 Å². The first kappa shape index (κ1) is 21.6. The molecule has 5 rings (SSSR count). The van der Waals surface area contributed by atoms with Crippen LogP contribution in [0.5, 0.6) is 17.2 Å². The zero-order valence-electron chi connectivity index (χ0n) is 18.6. The van der Waals surface area contributed by atoms with Gasteiger partial charge in [0.15, 0.2) is 6.61 Å². The molecule has 0 bridgehead atoms. The van der Waals surface area contributed by atoms with Crippen LogP contribution in [-0.2, 0) is 9.53 Å². The van der Waals surface area contributed by atoms with Crippen LogP contribution in [0, 0.1) is 5.92 Å². The lowest BCUT2D eigenvalue weighted by molar-refractivity contribution is -0.159. The summed E-state index contributed by atoms with van der Waals surface area (Å²) in [6.45, 7) is 4.08. The molecule has 0 aromatic heterocycles. The maximum Gasteiger partial charge on any atom is 0.341 e. The van der Waals surface area contributed by atoms with Crippen LogP contribution in [0.15, 0.2) is 42.5 Å². The number of carbonyl (C=O) groups is 2. The molecule has 1 amide bonds. The Balaban J connectivity index is 1.42. The Morgan fingerprint density at radius 3 is 2.79 bits per heavy atom. The molecule has 0 aliphatic carbocycles. The minimum absolute atomic E-state index is 0.0139. The van der Waals surface area contributed by atoms with E-state index in [0.717, 1.165) is 5.56 Å². The van der Waals surface area contributed by atoms with E-state index in [1.807, 2.05) is 18.7 Å². The molecule has 3 aliphatic rings. The fourth-order valence-electron chi connectivity index (χ4n) is 5.39. The van der Waals surface area contributed by atoms with Crippen molar-refractivity contribution in [2.75, 3.05) is 13.2 Å². The summed E-state index contributed by atoms with van der Waals surface area (Å²) in [6, 6.07) is 11.7. The number of likely N-dealkylation sites (tertiary alicyclic amines) is 1. The van der Waals surface area contributed by atoms with Crippen molar-refractivity contribution in [3.63, 3.8) is 0 Å². The van der Waals surface area contributed by atoms with Crippen LogP contribution in [0.1, 0.15) is 48.7 Å². The summed E-state index contributed by atoms with van der Waals surface area (Å²) in [5, 5.41) is 19.0. The number of nitrogens with zero attached hydrogens (tertiary/aromatic N) is 1. The van der Waals surface area contributed by atoms with Gasteiger partial charge < -0.3 is 29.3 Å². The van der Waals surface area contributed by atoms with Crippen LogP contribution in [-0.4, -0.2) is 57.9 Å². The number of phenols is 1. The fraction of sp³-hybridized carbons (Fsp3) is 0.440. The largest absolute Gasteiger partial charge is 0.508 e. The molecule has 33 heavy (non-hydrogen) atoms. The van der Waals surface area contributed by atoms with Crippen molar-refractivity contribution in [1.29, 1.82) is 0 Å². The topological polar surface area (TPSA) is 106 Å². The van der Waals surface area contributed by atoms with E-state index in [9.17, 15) is 14.7 Å². The molecule has 174 valence electrons. The van der Waals surface area contributed by atoms with Gasteiger partial charge >= 0.3 is 5.97 Å². The van der Waals surface area contributed by atoms with Crippen LogP contribution in [0.2, 0.25) is 0 Å². The summed E-state index contributed by atoms with van der Waals surface area (Å²) in [4.78, 5) is 26.3. The summed E-state index contributed by atoms with van der Waals surface area (Å²) in [7, 11) is 0. The van der Waals surface area contributed by atoms with Gasteiger partial charge in [0.05, 0.1) is 23.8 Å². The summed E-state index contributed by atoms with van der Waals surface area (Å²) < 4.78 is 18.2. The highest BCUT2D eigenvalue weighted by Crippen LogP contribution is 2.53. The van der Waals surface area contributed by atoms with E-state index in [0.29, 0.717) is 30.7 Å². The summed E-state index contributed by atoms with van der Waals surface area (Å²) in [6.07, 6.45) is 1.04. The van der Waals surface area contributed by atoms with Gasteiger partial charge in [-0.3, -0.25) is 4.79 Å². The van der Waals surface area contributed by atoms with Gasteiger partial charge in [0.25, 0.3) is 5.91 Å². The number of ether oxygens (including phenoxy) is 3. The second kappa shape index (κ2) is 7.95. The monoisotopic (exact) mass is 453 g/mol. The highest BCUT2D eigenvalue weighted by Gasteiger charge is 2.54. The Morgan fingerprint density at radius 1 is 1.21 bits per heavy atom. The maximum absolute atomic E-state index is 13.5. The van der Waals surface area contributed by atoms with Crippen molar-refractivity contribution in [3.8, 4) is 17.2 Å². The second-order valence-electron chi connectivity index (χ2n) is 9.40. The third kappa shape index (κ3) is 3.78. The Kier molecular flexibility index (Phi) is 5.20. The number of fused-ring (bicyclic) bond motifs is 4. The lowest BCUT2D eigenvalue weighted by atomic mass is 9.74. The quantitative estimate of drug-likeness (QED) is 0.731. The summed E-state index contributed by atoms with van der Waals surface area (Å²) in [5.74, 6) is -0.168. The van der Waals surface area contributed by atoms with Crippen molar-refractivity contribution in [2.24, 2.45) is 5.92 Å². The molecule has 8 nitrogen and oxygen atoms in total. The molecule has 0 saturated carbocycles. The Hall–Kier alpha value is -3.26. The third-order valence-electron chi connectivity index (χ3n) is 6.96. The average molecular weight is 453 g/mol. The van der Waals surface area contributed by atoms with Crippen LogP contribution in [0.4, 0.5) is 0 Å². The van der Waals surface area contributed by atoms with Gasteiger partial charge in [0.1, 0.15) is 22.8 Å². The molecule has 3 heterocycles. The van der Waals surface area contributed by atoms with Crippen molar-refractivity contribution in [3.05, 3.63) is 53.6 Å². The van der Waals surface area contributed by atoms with Gasteiger partial charge in [-0.2, -0.15) is 0 Å². The third-order valence-corrected chi connectivity index (χ3v) is 6.96. The number of aromatic hydroxyl groups is 1. The predicted octanol–water partition coefficient (Wildman–Crippen LogP) is 3.39. The summed E-state index contributed by atoms with van der Waals surface area (Å²) in [5.41, 5.74) is 0.672. The molecule has 2 aromatic rings. The van der Waals surface area contributed by atoms with Crippen LogP contribution >= 0.6 is 0 Å². The molecule has 3 aliphatic heterocycles. The molecule has 2 N–H and O–H groups in total. The highest BCUT2D eigenvalue weighted by atomic mass is 16.5. The Labute approximate surface area is 191 Å².